The monoisotopic (exact) mass is 427 g/mol. The third kappa shape index (κ3) is 7.41. The van der Waals surface area contributed by atoms with Crippen molar-refractivity contribution < 1.29 is 23.9 Å². The van der Waals surface area contributed by atoms with Crippen LogP contribution in [0.15, 0.2) is 0 Å². The summed E-state index contributed by atoms with van der Waals surface area (Å²) in [6, 6.07) is 0. The Morgan fingerprint density at radius 2 is 1.76 bits per heavy atom. The summed E-state index contributed by atoms with van der Waals surface area (Å²) in [5.74, 6) is -0.979. The van der Waals surface area contributed by atoms with E-state index in [9.17, 15) is 14.4 Å². The van der Waals surface area contributed by atoms with E-state index < -0.39 is 5.97 Å². The maximum absolute atomic E-state index is 12.8. The van der Waals surface area contributed by atoms with Crippen LogP contribution < -0.4 is 10.6 Å². The Labute approximate surface area is 176 Å². The lowest BCUT2D eigenvalue weighted by Crippen LogP contribution is -2.30. The first-order chi connectivity index (χ1) is 13.9. The summed E-state index contributed by atoms with van der Waals surface area (Å²) in [6.07, 6.45) is 0.801. The van der Waals surface area contributed by atoms with Crippen LogP contribution in [-0.4, -0.2) is 68.7 Å². The molecule has 1 heterocycles. The van der Waals surface area contributed by atoms with Crippen LogP contribution in [0, 0.1) is 6.92 Å². The van der Waals surface area contributed by atoms with Crippen molar-refractivity contribution >= 4 is 34.1 Å². The molecule has 8 nitrogen and oxygen atoms in total. The lowest BCUT2D eigenvalue weighted by molar-refractivity contribution is -0.115. The number of hydrogen-bond acceptors (Lipinski definition) is 7. The van der Waals surface area contributed by atoms with Crippen molar-refractivity contribution in [1.29, 1.82) is 0 Å². The number of hydrogen-bond donors (Lipinski definition) is 2. The summed E-state index contributed by atoms with van der Waals surface area (Å²) in [6.45, 7) is 12.6. The lowest BCUT2D eigenvalue weighted by Gasteiger charge is -2.18. The van der Waals surface area contributed by atoms with Gasteiger partial charge in [-0.25, -0.2) is 4.79 Å². The lowest BCUT2D eigenvalue weighted by atomic mass is 10.1. The molecule has 0 spiro atoms. The Balaban J connectivity index is 2.94. The molecule has 0 bridgehead atoms. The van der Waals surface area contributed by atoms with Gasteiger partial charge in [0, 0.05) is 26.3 Å². The summed E-state index contributed by atoms with van der Waals surface area (Å²) < 4.78 is 10.4. The average Bonchev–Trinajstić information content (AvgIpc) is 3.01. The molecule has 2 N–H and O–H groups in total. The zero-order chi connectivity index (χ0) is 21.8. The molecule has 164 valence electrons. The zero-order valence-corrected chi connectivity index (χ0v) is 18.9. The summed E-state index contributed by atoms with van der Waals surface area (Å²) in [4.78, 5) is 39.7. The number of rotatable bonds is 13. The summed E-state index contributed by atoms with van der Waals surface area (Å²) >= 11 is 1.11. The minimum atomic E-state index is -0.542. The van der Waals surface area contributed by atoms with Crippen LogP contribution in [0.25, 0.3) is 0 Å². The van der Waals surface area contributed by atoms with Crippen molar-refractivity contribution in [2.45, 2.75) is 41.0 Å². The minimum Gasteiger partial charge on any atom is -0.462 e. The largest absolute Gasteiger partial charge is 0.462 e. The van der Waals surface area contributed by atoms with Gasteiger partial charge in [-0.1, -0.05) is 0 Å². The third-order valence-electron chi connectivity index (χ3n) is 4.26. The van der Waals surface area contributed by atoms with Crippen LogP contribution in [0.2, 0.25) is 0 Å². The van der Waals surface area contributed by atoms with Gasteiger partial charge in [0.2, 0.25) is 5.91 Å². The molecular weight excluding hydrogens is 394 g/mol. The summed E-state index contributed by atoms with van der Waals surface area (Å²) in [5.41, 5.74) is 0.780. The van der Waals surface area contributed by atoms with E-state index in [0.29, 0.717) is 48.3 Å². The number of ether oxygens (including phenoxy) is 2. The molecule has 1 aromatic heterocycles. The molecule has 0 radical (unpaired) electrons. The second-order valence-corrected chi connectivity index (χ2v) is 7.25. The van der Waals surface area contributed by atoms with Crippen LogP contribution in [0.4, 0.5) is 5.00 Å². The van der Waals surface area contributed by atoms with Gasteiger partial charge in [-0.2, -0.15) is 0 Å². The number of amides is 2. The molecule has 0 saturated heterocycles. The molecule has 0 aliphatic rings. The third-order valence-corrected chi connectivity index (χ3v) is 5.45. The summed E-state index contributed by atoms with van der Waals surface area (Å²) in [7, 11) is 0. The molecule has 0 aliphatic carbocycles. The molecule has 0 fully saturated rings. The van der Waals surface area contributed by atoms with E-state index in [1.807, 2.05) is 20.8 Å². The van der Waals surface area contributed by atoms with Gasteiger partial charge in [-0.3, -0.25) is 9.59 Å². The van der Waals surface area contributed by atoms with Gasteiger partial charge >= 0.3 is 5.97 Å². The molecule has 0 atom stereocenters. The van der Waals surface area contributed by atoms with Crippen molar-refractivity contribution in [2.24, 2.45) is 0 Å². The number of nitrogens with one attached hydrogen (secondary N) is 2. The number of nitrogens with zero attached hydrogens (tertiary/aromatic N) is 1. The predicted octanol–water partition coefficient (Wildman–Crippen LogP) is 2.67. The van der Waals surface area contributed by atoms with Gasteiger partial charge < -0.3 is 25.0 Å². The number of carbonyl (C=O) groups excluding carboxylic acids is 3. The van der Waals surface area contributed by atoms with Gasteiger partial charge in [-0.05, 0) is 53.1 Å². The van der Waals surface area contributed by atoms with Gasteiger partial charge in [0.05, 0.1) is 23.6 Å². The molecule has 29 heavy (non-hydrogen) atoms. The van der Waals surface area contributed by atoms with Gasteiger partial charge in [-0.15, -0.1) is 11.3 Å². The highest BCUT2D eigenvalue weighted by Crippen LogP contribution is 2.34. The Kier molecular flexibility index (Phi) is 11.5. The van der Waals surface area contributed by atoms with Crippen LogP contribution >= 0.6 is 11.3 Å². The van der Waals surface area contributed by atoms with E-state index in [2.05, 4.69) is 10.6 Å². The Bertz CT molecular complexity index is 686. The fraction of sp³-hybridized carbons (Fsp3) is 0.650. The molecule has 0 unspecified atom stereocenters. The van der Waals surface area contributed by atoms with Crippen molar-refractivity contribution in [2.75, 3.05) is 51.3 Å². The highest BCUT2D eigenvalue weighted by atomic mass is 32.1. The van der Waals surface area contributed by atoms with Crippen molar-refractivity contribution in [3.63, 3.8) is 0 Å². The second-order valence-electron chi connectivity index (χ2n) is 6.23. The molecule has 1 rings (SSSR count). The average molecular weight is 428 g/mol. The molecule has 2 amide bonds. The van der Waals surface area contributed by atoms with Crippen LogP contribution in [0.3, 0.4) is 0 Å². The molecule has 9 heteroatoms. The smallest absolute Gasteiger partial charge is 0.341 e. The Morgan fingerprint density at radius 3 is 2.34 bits per heavy atom. The van der Waals surface area contributed by atoms with Gasteiger partial charge in [0.25, 0.3) is 5.91 Å². The minimum absolute atomic E-state index is 0.102. The number of anilines is 1. The van der Waals surface area contributed by atoms with E-state index in [-0.39, 0.29) is 30.5 Å². The summed E-state index contributed by atoms with van der Waals surface area (Å²) in [5, 5.41) is 6.14. The zero-order valence-electron chi connectivity index (χ0n) is 18.1. The molecule has 0 saturated carbocycles. The number of carbonyl (C=O) groups is 3. The van der Waals surface area contributed by atoms with Crippen LogP contribution in [-0.2, 0) is 14.3 Å². The standard InChI is InChI=1S/C20H33N3O5S/c1-6-23(7-2)19(25)17-14(5)16(20(26)28-9-4)18(29-17)22-15(24)13-21-11-10-12-27-8-3/h21H,6-13H2,1-5H3,(H,22,24). The van der Waals surface area contributed by atoms with E-state index in [0.717, 1.165) is 17.8 Å². The maximum Gasteiger partial charge on any atom is 0.341 e. The molecule has 0 aromatic carbocycles. The highest BCUT2D eigenvalue weighted by molar-refractivity contribution is 7.18. The van der Waals surface area contributed by atoms with Crippen LogP contribution in [0.5, 0.6) is 0 Å². The second kappa shape index (κ2) is 13.3. The number of esters is 1. The first-order valence-electron chi connectivity index (χ1n) is 10.1. The van der Waals surface area contributed by atoms with Gasteiger partial charge in [0.1, 0.15) is 5.00 Å². The SMILES string of the molecule is CCOCCCNCC(=O)Nc1sc(C(=O)N(CC)CC)c(C)c1C(=O)OCC. The predicted molar refractivity (Wildman–Crippen MR) is 115 cm³/mol. The molecular formula is C20H33N3O5S. The van der Waals surface area contributed by atoms with E-state index in [1.54, 1.807) is 18.7 Å². The van der Waals surface area contributed by atoms with Crippen molar-refractivity contribution in [1.82, 2.24) is 10.2 Å². The van der Waals surface area contributed by atoms with Crippen LogP contribution in [0.1, 0.15) is 59.7 Å². The Hall–Kier alpha value is -1.97. The quantitative estimate of drug-likeness (QED) is 0.371. The first-order valence-corrected chi connectivity index (χ1v) is 10.9. The highest BCUT2D eigenvalue weighted by Gasteiger charge is 2.28. The maximum atomic E-state index is 12.8. The molecule has 0 aliphatic heterocycles. The van der Waals surface area contributed by atoms with E-state index >= 15 is 0 Å². The fourth-order valence-electron chi connectivity index (χ4n) is 2.73. The fourth-order valence-corrected chi connectivity index (χ4v) is 3.90. The van der Waals surface area contributed by atoms with E-state index in [1.165, 1.54) is 0 Å². The van der Waals surface area contributed by atoms with Crippen molar-refractivity contribution in [3.05, 3.63) is 16.0 Å². The normalized spacial score (nSPS) is 10.7. The van der Waals surface area contributed by atoms with Gasteiger partial charge in [0.15, 0.2) is 0 Å². The topological polar surface area (TPSA) is 97.0 Å². The molecule has 1 aromatic rings. The van der Waals surface area contributed by atoms with Crippen molar-refractivity contribution in [3.8, 4) is 0 Å². The number of thiophene rings is 1. The van der Waals surface area contributed by atoms with E-state index in [4.69, 9.17) is 9.47 Å². The Morgan fingerprint density at radius 1 is 1.07 bits per heavy atom. The first kappa shape index (κ1) is 25.1.